The zero-order chi connectivity index (χ0) is 32.3. The summed E-state index contributed by atoms with van der Waals surface area (Å²) in [4.78, 5) is 31.1. The van der Waals surface area contributed by atoms with Crippen LogP contribution in [0.25, 0.3) is 0 Å². The average molecular weight is 618 g/mol. The number of hydrogen-bond donors (Lipinski definition) is 2. The summed E-state index contributed by atoms with van der Waals surface area (Å²) in [6.45, 7) is 7.49. The highest BCUT2D eigenvalue weighted by molar-refractivity contribution is 5.94. The van der Waals surface area contributed by atoms with Crippen molar-refractivity contribution in [3.8, 4) is 23.0 Å². The monoisotopic (exact) mass is 617 g/mol. The standard InChI is InChI=1S/C36H47N3O6/c1-6-28(7-2)36(42)39(30-16-18-38(19-17-30)23-27-11-14-32(43-3)31(40)20-27)24-25-8-12-29(13-9-25)35(41)37-22-26-10-15-33(44-4)34(21-26)45-5/h8-15,20-21,28,30,40H,6-7,16-19,22-24H2,1-5H3,(H,37,41). The number of carbonyl (C=O) groups excluding carboxylic acids is 2. The summed E-state index contributed by atoms with van der Waals surface area (Å²) in [5, 5.41) is 13.1. The predicted molar refractivity (Wildman–Crippen MR) is 175 cm³/mol. The lowest BCUT2D eigenvalue weighted by Crippen LogP contribution is -2.48. The van der Waals surface area contributed by atoms with Crippen LogP contribution in [0, 0.1) is 5.92 Å². The van der Waals surface area contributed by atoms with Crippen molar-refractivity contribution >= 4 is 11.8 Å². The van der Waals surface area contributed by atoms with Crippen molar-refractivity contribution in [1.29, 1.82) is 0 Å². The number of phenolic OH excluding ortho intramolecular Hbond substituents is 1. The Morgan fingerprint density at radius 2 is 1.44 bits per heavy atom. The normalized spacial score (nSPS) is 13.8. The lowest BCUT2D eigenvalue weighted by molar-refractivity contribution is -0.140. The van der Waals surface area contributed by atoms with Gasteiger partial charge in [0.25, 0.3) is 5.91 Å². The summed E-state index contributed by atoms with van der Waals surface area (Å²) < 4.78 is 15.8. The predicted octanol–water partition coefficient (Wildman–Crippen LogP) is 5.78. The van der Waals surface area contributed by atoms with Gasteiger partial charge in [-0.25, -0.2) is 0 Å². The highest BCUT2D eigenvalue weighted by Gasteiger charge is 2.31. The average Bonchev–Trinajstić information content (AvgIpc) is 3.07. The fourth-order valence-electron chi connectivity index (χ4n) is 5.97. The molecule has 0 spiro atoms. The Morgan fingerprint density at radius 1 is 0.844 bits per heavy atom. The van der Waals surface area contributed by atoms with E-state index in [2.05, 4.69) is 29.0 Å². The second-order valence-corrected chi connectivity index (χ2v) is 11.6. The fourth-order valence-corrected chi connectivity index (χ4v) is 5.97. The first kappa shape index (κ1) is 33.6. The number of amides is 2. The van der Waals surface area contributed by atoms with Crippen molar-refractivity contribution in [2.45, 2.75) is 65.2 Å². The molecule has 45 heavy (non-hydrogen) atoms. The summed E-state index contributed by atoms with van der Waals surface area (Å²) in [5.41, 5.74) is 3.50. The zero-order valence-corrected chi connectivity index (χ0v) is 27.2. The molecule has 0 radical (unpaired) electrons. The molecule has 0 aromatic heterocycles. The summed E-state index contributed by atoms with van der Waals surface area (Å²) in [5.74, 6) is 1.90. The number of ether oxygens (including phenoxy) is 3. The second-order valence-electron chi connectivity index (χ2n) is 11.6. The van der Waals surface area contributed by atoms with Crippen LogP contribution in [-0.4, -0.2) is 67.2 Å². The number of benzene rings is 3. The molecule has 0 bridgehead atoms. The van der Waals surface area contributed by atoms with E-state index in [0.29, 0.717) is 35.9 Å². The number of hydrogen-bond acceptors (Lipinski definition) is 7. The fraction of sp³-hybridized carbons (Fsp3) is 0.444. The molecule has 1 aliphatic rings. The Bertz CT molecular complexity index is 1410. The van der Waals surface area contributed by atoms with Gasteiger partial charge < -0.3 is 29.5 Å². The van der Waals surface area contributed by atoms with E-state index in [9.17, 15) is 14.7 Å². The Kier molecular flexibility index (Phi) is 12.1. The van der Waals surface area contributed by atoms with E-state index in [0.717, 1.165) is 62.0 Å². The Morgan fingerprint density at radius 3 is 2.04 bits per heavy atom. The van der Waals surface area contributed by atoms with Crippen LogP contribution in [0.15, 0.2) is 60.7 Å². The Labute approximate surface area is 267 Å². The zero-order valence-electron chi connectivity index (χ0n) is 27.2. The van der Waals surface area contributed by atoms with Gasteiger partial charge in [0.2, 0.25) is 5.91 Å². The molecule has 4 rings (SSSR count). The van der Waals surface area contributed by atoms with Crippen LogP contribution >= 0.6 is 0 Å². The van der Waals surface area contributed by atoms with Crippen LogP contribution in [0.1, 0.15) is 66.6 Å². The van der Waals surface area contributed by atoms with Crippen molar-refractivity contribution in [2.24, 2.45) is 5.92 Å². The van der Waals surface area contributed by atoms with Gasteiger partial charge >= 0.3 is 0 Å². The molecular weight excluding hydrogens is 570 g/mol. The lowest BCUT2D eigenvalue weighted by Gasteiger charge is -2.40. The molecule has 0 aliphatic carbocycles. The largest absolute Gasteiger partial charge is 0.504 e. The number of nitrogens with zero attached hydrogens (tertiary/aromatic N) is 2. The first-order valence-corrected chi connectivity index (χ1v) is 15.8. The first-order valence-electron chi connectivity index (χ1n) is 15.8. The first-order chi connectivity index (χ1) is 21.8. The van der Waals surface area contributed by atoms with Crippen molar-refractivity contribution in [3.63, 3.8) is 0 Å². The van der Waals surface area contributed by atoms with Gasteiger partial charge in [-0.3, -0.25) is 14.5 Å². The van der Waals surface area contributed by atoms with Crippen molar-refractivity contribution < 1.29 is 28.9 Å². The quantitative estimate of drug-likeness (QED) is 0.237. The van der Waals surface area contributed by atoms with Gasteiger partial charge in [0, 0.05) is 50.2 Å². The molecule has 3 aromatic carbocycles. The topological polar surface area (TPSA) is 101 Å². The van der Waals surface area contributed by atoms with E-state index in [-0.39, 0.29) is 29.5 Å². The second kappa shape index (κ2) is 16.2. The molecule has 1 heterocycles. The molecule has 0 unspecified atom stereocenters. The third-order valence-electron chi connectivity index (χ3n) is 8.74. The molecule has 3 aromatic rings. The van der Waals surface area contributed by atoms with Gasteiger partial charge in [0.1, 0.15) is 0 Å². The van der Waals surface area contributed by atoms with Crippen LogP contribution in [-0.2, 0) is 24.4 Å². The van der Waals surface area contributed by atoms with Crippen LogP contribution < -0.4 is 19.5 Å². The smallest absolute Gasteiger partial charge is 0.251 e. The van der Waals surface area contributed by atoms with Crippen LogP contribution in [0.4, 0.5) is 0 Å². The molecule has 9 heteroatoms. The highest BCUT2D eigenvalue weighted by atomic mass is 16.5. The van der Waals surface area contributed by atoms with Gasteiger partial charge in [-0.05, 0) is 78.8 Å². The molecule has 0 saturated carbocycles. The minimum Gasteiger partial charge on any atom is -0.504 e. The number of aromatic hydroxyl groups is 1. The SMILES string of the molecule is CCC(CC)C(=O)N(Cc1ccc(C(=O)NCc2ccc(OC)c(OC)c2)cc1)C1CCN(Cc2ccc(OC)c(O)c2)CC1. The number of likely N-dealkylation sites (tertiary alicyclic amines) is 1. The van der Waals surface area contributed by atoms with Crippen molar-refractivity contribution in [1.82, 2.24) is 15.1 Å². The van der Waals surface area contributed by atoms with Gasteiger partial charge in [-0.1, -0.05) is 38.1 Å². The van der Waals surface area contributed by atoms with E-state index in [1.165, 1.54) is 0 Å². The summed E-state index contributed by atoms with van der Waals surface area (Å²) >= 11 is 0. The number of carbonyl (C=O) groups is 2. The summed E-state index contributed by atoms with van der Waals surface area (Å²) in [6.07, 6.45) is 3.38. The molecule has 1 fully saturated rings. The summed E-state index contributed by atoms with van der Waals surface area (Å²) in [6, 6.07) is 18.8. The minimum absolute atomic E-state index is 0.00747. The van der Waals surface area contributed by atoms with E-state index < -0.39 is 0 Å². The van der Waals surface area contributed by atoms with Crippen molar-refractivity contribution in [3.05, 3.63) is 82.9 Å². The maximum atomic E-state index is 13.8. The Hall–Kier alpha value is -4.24. The highest BCUT2D eigenvalue weighted by Crippen LogP contribution is 2.29. The molecule has 9 nitrogen and oxygen atoms in total. The van der Waals surface area contributed by atoms with E-state index >= 15 is 0 Å². The minimum atomic E-state index is -0.168. The summed E-state index contributed by atoms with van der Waals surface area (Å²) in [7, 11) is 4.72. The van der Waals surface area contributed by atoms with Gasteiger partial charge in [0.05, 0.1) is 21.3 Å². The van der Waals surface area contributed by atoms with Crippen molar-refractivity contribution in [2.75, 3.05) is 34.4 Å². The van der Waals surface area contributed by atoms with Gasteiger partial charge in [-0.2, -0.15) is 0 Å². The van der Waals surface area contributed by atoms with Crippen LogP contribution in [0.5, 0.6) is 23.0 Å². The third kappa shape index (κ3) is 8.69. The lowest BCUT2D eigenvalue weighted by atomic mass is 9.96. The maximum absolute atomic E-state index is 13.8. The number of rotatable bonds is 14. The van der Waals surface area contributed by atoms with Crippen LogP contribution in [0.2, 0.25) is 0 Å². The van der Waals surface area contributed by atoms with E-state index in [1.807, 2.05) is 48.5 Å². The molecule has 0 atom stereocenters. The number of methoxy groups -OCH3 is 3. The van der Waals surface area contributed by atoms with E-state index in [1.54, 1.807) is 33.5 Å². The number of piperidine rings is 1. The molecule has 1 saturated heterocycles. The molecule has 242 valence electrons. The molecule has 2 N–H and O–H groups in total. The van der Waals surface area contributed by atoms with E-state index in [4.69, 9.17) is 14.2 Å². The van der Waals surface area contributed by atoms with Gasteiger partial charge in [0.15, 0.2) is 23.0 Å². The molecule has 1 aliphatic heterocycles. The molecule has 2 amide bonds. The maximum Gasteiger partial charge on any atom is 0.251 e. The third-order valence-corrected chi connectivity index (χ3v) is 8.74. The number of phenols is 1. The van der Waals surface area contributed by atoms with Crippen LogP contribution in [0.3, 0.4) is 0 Å². The number of nitrogens with one attached hydrogen (secondary N) is 1. The Balaban J connectivity index is 1.38. The van der Waals surface area contributed by atoms with Gasteiger partial charge in [-0.15, -0.1) is 0 Å². The molecular formula is C36H47N3O6.